The highest BCUT2D eigenvalue weighted by Gasteiger charge is 2.42. The van der Waals surface area contributed by atoms with Crippen LogP contribution in [0.15, 0.2) is 48.9 Å². The fourth-order valence-electron chi connectivity index (χ4n) is 6.50. The van der Waals surface area contributed by atoms with Crippen molar-refractivity contribution in [2.45, 2.75) is 32.7 Å². The van der Waals surface area contributed by atoms with Gasteiger partial charge >= 0.3 is 0 Å². The second-order valence-electron chi connectivity index (χ2n) is 11.5. The second kappa shape index (κ2) is 10.9. The molecule has 224 valence electrons. The number of pyridine rings is 1. The number of fused-ring (bicyclic) bond motifs is 4. The molecule has 1 aromatic carbocycles. The first kappa shape index (κ1) is 28.6. The summed E-state index contributed by atoms with van der Waals surface area (Å²) in [6.45, 7) is 12.4. The number of aromatic nitrogens is 3. The molecule has 1 saturated heterocycles. The molecule has 9 nitrogen and oxygen atoms in total. The van der Waals surface area contributed by atoms with Crippen molar-refractivity contribution in [3.63, 3.8) is 0 Å². The van der Waals surface area contributed by atoms with Crippen LogP contribution in [0, 0.1) is 18.6 Å². The number of methoxy groups -OCH3 is 1. The third kappa shape index (κ3) is 4.67. The van der Waals surface area contributed by atoms with E-state index in [1.54, 1.807) is 17.3 Å². The molecule has 0 spiro atoms. The average Bonchev–Trinajstić information content (AvgIpc) is 2.99. The zero-order valence-electron chi connectivity index (χ0n) is 25.1. The lowest BCUT2D eigenvalue weighted by molar-refractivity contribution is -0.128. The van der Waals surface area contributed by atoms with Crippen LogP contribution in [-0.2, 0) is 4.79 Å². The van der Waals surface area contributed by atoms with Crippen LogP contribution in [0.25, 0.3) is 17.0 Å². The number of carbonyl (C=O) groups excluding carboxylic acids is 1. The first-order valence-electron chi connectivity index (χ1n) is 14.4. The molecule has 3 aromatic rings. The van der Waals surface area contributed by atoms with Gasteiger partial charge in [-0.25, -0.2) is 23.7 Å². The first-order chi connectivity index (χ1) is 20.6. The number of likely N-dealkylation sites (N-methyl/N-ethyl adjacent to an activating group) is 1. The maximum absolute atomic E-state index is 16.2. The van der Waals surface area contributed by atoms with Gasteiger partial charge in [-0.15, -0.1) is 0 Å². The average molecular weight is 588 g/mol. The Balaban J connectivity index is 1.59. The summed E-state index contributed by atoms with van der Waals surface area (Å²) in [5.41, 5.74) is 4.70. The van der Waals surface area contributed by atoms with Crippen LogP contribution in [0.5, 0.6) is 5.75 Å². The SMILES string of the molecule is C=CC(=O)N1CCN2C3=C(CN(c4c(C)ncnc4C(C)C)c4nc(-c5c(F)cccc5OC)c(F)cc43)N(C)C[C@@H]2C1. The molecule has 6 rings (SSSR count). The minimum Gasteiger partial charge on any atom is -0.496 e. The highest BCUT2D eigenvalue weighted by Crippen LogP contribution is 2.47. The van der Waals surface area contributed by atoms with Crippen molar-refractivity contribution in [3.05, 3.63) is 77.5 Å². The standard InChI is InChI=1S/C32H35F2N7O2/c1-7-26(42)39-11-12-40-20(15-39)14-38(5)24-16-41(30-19(4)35-17-36-28(30)18(2)3)32-21(31(24)40)13-23(34)29(37-32)27-22(33)9-8-10-25(27)43-6/h7-10,13,17-18,20H,1,11-12,14-16H2,2-6H3/t20-/m1/s1. The van der Waals surface area contributed by atoms with Crippen LogP contribution in [0.4, 0.5) is 20.3 Å². The first-order valence-corrected chi connectivity index (χ1v) is 14.4. The van der Waals surface area contributed by atoms with Crippen LogP contribution < -0.4 is 9.64 Å². The van der Waals surface area contributed by atoms with E-state index in [-0.39, 0.29) is 34.9 Å². The summed E-state index contributed by atoms with van der Waals surface area (Å²) in [5, 5.41) is 0. The molecule has 1 atom stereocenters. The van der Waals surface area contributed by atoms with Gasteiger partial charge in [-0.3, -0.25) is 4.79 Å². The molecule has 2 aromatic heterocycles. The van der Waals surface area contributed by atoms with Crippen LogP contribution in [0.1, 0.15) is 36.7 Å². The molecule has 43 heavy (non-hydrogen) atoms. The second-order valence-corrected chi connectivity index (χ2v) is 11.5. The van der Waals surface area contributed by atoms with Gasteiger partial charge in [0, 0.05) is 38.8 Å². The maximum Gasteiger partial charge on any atom is 0.246 e. The Morgan fingerprint density at radius 3 is 2.67 bits per heavy atom. The number of ether oxygens (including phenoxy) is 1. The Bertz CT molecular complexity index is 1660. The van der Waals surface area contributed by atoms with Crippen molar-refractivity contribution < 1.29 is 18.3 Å². The van der Waals surface area contributed by atoms with E-state index in [1.807, 2.05) is 18.9 Å². The Kier molecular flexibility index (Phi) is 7.27. The molecule has 11 heteroatoms. The molecular weight excluding hydrogens is 552 g/mol. The molecule has 0 bridgehead atoms. The van der Waals surface area contributed by atoms with Gasteiger partial charge in [-0.2, -0.15) is 0 Å². The van der Waals surface area contributed by atoms with Gasteiger partial charge in [-0.05, 0) is 37.1 Å². The summed E-state index contributed by atoms with van der Waals surface area (Å²) in [6, 6.07) is 5.83. The van der Waals surface area contributed by atoms with Gasteiger partial charge in [0.15, 0.2) is 5.82 Å². The van der Waals surface area contributed by atoms with Crippen molar-refractivity contribution in [1.82, 2.24) is 29.7 Å². The van der Waals surface area contributed by atoms with Crippen LogP contribution in [-0.4, -0.2) is 88.5 Å². The van der Waals surface area contributed by atoms with Crippen molar-refractivity contribution in [2.75, 3.05) is 51.8 Å². The lowest BCUT2D eigenvalue weighted by Gasteiger charge is -2.52. The zero-order chi connectivity index (χ0) is 30.6. The van der Waals surface area contributed by atoms with Crippen molar-refractivity contribution in [2.24, 2.45) is 0 Å². The van der Waals surface area contributed by atoms with E-state index in [2.05, 4.69) is 40.2 Å². The molecule has 1 fully saturated rings. The van der Waals surface area contributed by atoms with Crippen LogP contribution in [0.2, 0.25) is 0 Å². The summed E-state index contributed by atoms with van der Waals surface area (Å²) in [4.78, 5) is 34.8. The quantitative estimate of drug-likeness (QED) is 0.397. The number of piperazine rings is 1. The van der Waals surface area contributed by atoms with Gasteiger partial charge < -0.3 is 24.3 Å². The molecular formula is C32H35F2N7O2. The molecule has 3 aliphatic heterocycles. The lowest BCUT2D eigenvalue weighted by Crippen LogP contribution is -2.60. The minimum atomic E-state index is -0.661. The lowest BCUT2D eigenvalue weighted by atomic mass is 9.94. The fraction of sp³-hybridized carbons (Fsp3) is 0.375. The third-order valence-corrected chi connectivity index (χ3v) is 8.53. The summed E-state index contributed by atoms with van der Waals surface area (Å²) in [5.74, 6) is -0.642. The minimum absolute atomic E-state index is 0.0109. The number of nitrogens with zero attached hydrogens (tertiary/aromatic N) is 7. The molecule has 3 aliphatic rings. The summed E-state index contributed by atoms with van der Waals surface area (Å²) >= 11 is 0. The van der Waals surface area contributed by atoms with E-state index in [0.29, 0.717) is 44.1 Å². The highest BCUT2D eigenvalue weighted by molar-refractivity contribution is 5.88. The monoisotopic (exact) mass is 587 g/mol. The van der Waals surface area contributed by atoms with E-state index in [4.69, 9.17) is 9.72 Å². The Hall–Kier alpha value is -4.54. The van der Waals surface area contributed by atoms with E-state index < -0.39 is 11.6 Å². The van der Waals surface area contributed by atoms with Crippen molar-refractivity contribution in [3.8, 4) is 17.0 Å². The molecule has 5 heterocycles. The summed E-state index contributed by atoms with van der Waals surface area (Å²) in [6.07, 6.45) is 2.90. The van der Waals surface area contributed by atoms with E-state index in [1.165, 1.54) is 31.4 Å². The number of anilines is 2. The zero-order valence-corrected chi connectivity index (χ0v) is 25.1. The number of rotatable bonds is 5. The predicted molar refractivity (Wildman–Crippen MR) is 161 cm³/mol. The van der Waals surface area contributed by atoms with Gasteiger partial charge in [0.25, 0.3) is 0 Å². The highest BCUT2D eigenvalue weighted by atomic mass is 19.1. The number of halogens is 2. The largest absolute Gasteiger partial charge is 0.496 e. The molecule has 0 N–H and O–H groups in total. The van der Waals surface area contributed by atoms with E-state index in [9.17, 15) is 4.79 Å². The third-order valence-electron chi connectivity index (χ3n) is 8.53. The Morgan fingerprint density at radius 2 is 1.95 bits per heavy atom. The Morgan fingerprint density at radius 1 is 1.16 bits per heavy atom. The molecule has 0 aliphatic carbocycles. The molecule has 1 amide bonds. The maximum atomic E-state index is 16.2. The smallest absolute Gasteiger partial charge is 0.246 e. The van der Waals surface area contributed by atoms with Gasteiger partial charge in [0.2, 0.25) is 5.91 Å². The van der Waals surface area contributed by atoms with Gasteiger partial charge in [0.05, 0.1) is 53.7 Å². The fourth-order valence-corrected chi connectivity index (χ4v) is 6.50. The summed E-state index contributed by atoms with van der Waals surface area (Å²) < 4.78 is 36.9. The Labute approximate surface area is 250 Å². The molecule has 0 saturated carbocycles. The number of carbonyl (C=O) groups is 1. The summed E-state index contributed by atoms with van der Waals surface area (Å²) in [7, 11) is 3.44. The molecule has 0 unspecified atom stereocenters. The number of benzene rings is 1. The van der Waals surface area contributed by atoms with Gasteiger partial charge in [0.1, 0.15) is 29.4 Å². The topological polar surface area (TPSA) is 77.9 Å². The van der Waals surface area contributed by atoms with Crippen LogP contribution >= 0.6 is 0 Å². The predicted octanol–water partition coefficient (Wildman–Crippen LogP) is 4.72. The van der Waals surface area contributed by atoms with Crippen molar-refractivity contribution in [1.29, 1.82) is 0 Å². The normalized spacial score (nSPS) is 18.0. The van der Waals surface area contributed by atoms with Crippen molar-refractivity contribution >= 4 is 23.1 Å². The van der Waals surface area contributed by atoms with Gasteiger partial charge in [-0.1, -0.05) is 26.5 Å². The van der Waals surface area contributed by atoms with E-state index in [0.717, 1.165) is 28.5 Å². The van der Waals surface area contributed by atoms with Crippen LogP contribution in [0.3, 0.4) is 0 Å². The van der Waals surface area contributed by atoms with E-state index >= 15 is 8.78 Å². The number of hydrogen-bond acceptors (Lipinski definition) is 8. The number of hydrogen-bond donors (Lipinski definition) is 0. The molecule has 0 radical (unpaired) electrons. The number of amides is 1. The number of aryl methyl sites for hydroxylation is 1.